The number of pyridine rings is 2. The number of para-hydroxylation sites is 1. The highest BCUT2D eigenvalue weighted by Crippen LogP contribution is 2.44. The first-order valence-electron chi connectivity index (χ1n) is 16.6. The minimum Gasteiger partial charge on any atom is -0.505 e. The number of nitrogens with zero attached hydrogens (tertiary/aromatic N) is 3. The maximum Gasteiger partial charge on any atom is 0.220 e. The predicted octanol–water partition coefficient (Wildman–Crippen LogP) is 11.6. The van der Waals surface area contributed by atoms with Gasteiger partial charge in [0.15, 0.2) is 0 Å². The van der Waals surface area contributed by atoms with Crippen molar-refractivity contribution < 1.29 is 9.84 Å². The first-order chi connectivity index (χ1) is 23.7. The van der Waals surface area contributed by atoms with Crippen LogP contribution >= 0.6 is 0 Å². The van der Waals surface area contributed by atoms with Gasteiger partial charge in [0.2, 0.25) is 5.88 Å². The van der Waals surface area contributed by atoms with Crippen LogP contribution in [0.4, 0.5) is 17.2 Å². The predicted molar refractivity (Wildman–Crippen MR) is 194 cm³/mol. The van der Waals surface area contributed by atoms with E-state index in [2.05, 4.69) is 53.4 Å². The van der Waals surface area contributed by atoms with E-state index in [9.17, 15) is 5.11 Å². The van der Waals surface area contributed by atoms with Gasteiger partial charge in [-0.25, -0.2) is 9.97 Å². The zero-order valence-electron chi connectivity index (χ0n) is 26.5. The van der Waals surface area contributed by atoms with E-state index in [1.54, 1.807) is 0 Å². The number of rotatable bonds is 8. The fourth-order valence-electron chi connectivity index (χ4n) is 6.90. The second-order valence-corrected chi connectivity index (χ2v) is 12.3. The van der Waals surface area contributed by atoms with Gasteiger partial charge in [-0.3, -0.25) is 4.90 Å². The van der Waals surface area contributed by atoms with Crippen LogP contribution in [0.1, 0.15) is 37.2 Å². The number of aromatic hydroxyl groups is 1. The molecule has 234 valence electrons. The molecule has 0 unspecified atom stereocenters. The molecule has 0 saturated heterocycles. The number of hydrogen-bond donors (Lipinski definition) is 1. The maximum atomic E-state index is 11.6. The Bertz CT molecular complexity index is 2180. The highest BCUT2D eigenvalue weighted by molar-refractivity contribution is 5.94. The quantitative estimate of drug-likeness (QED) is 0.182. The van der Waals surface area contributed by atoms with Crippen molar-refractivity contribution in [1.82, 2.24) is 9.97 Å². The van der Waals surface area contributed by atoms with E-state index in [1.807, 2.05) is 103 Å². The molecule has 1 N–H and O–H groups in total. The number of benzene rings is 5. The standard InChI is InChI=1S/C43H35N3O2/c47-43-37(31-15-6-2-7-16-31)23-24-38-39(32-17-10-11-18-32)29-41(45-42(38)43)48-36-22-12-21-35(28-36)46(34-19-8-3-9-20-34)40-27-33(25-26-44-40)30-13-4-1-5-14-30/h1-9,12-16,19-29,32,47H,10-11,17-18H2. The monoisotopic (exact) mass is 625 g/mol. The highest BCUT2D eigenvalue weighted by atomic mass is 16.5. The van der Waals surface area contributed by atoms with Crippen molar-refractivity contribution in [3.8, 4) is 39.6 Å². The highest BCUT2D eigenvalue weighted by Gasteiger charge is 2.23. The molecule has 0 radical (unpaired) electrons. The Morgan fingerprint density at radius 1 is 0.625 bits per heavy atom. The Kier molecular flexibility index (Phi) is 8.01. The van der Waals surface area contributed by atoms with Crippen LogP contribution in [0.3, 0.4) is 0 Å². The van der Waals surface area contributed by atoms with Gasteiger partial charge in [0.05, 0.1) is 5.69 Å². The van der Waals surface area contributed by atoms with Gasteiger partial charge in [-0.2, -0.15) is 0 Å². The molecule has 2 aromatic heterocycles. The normalized spacial score (nSPS) is 13.1. The minimum absolute atomic E-state index is 0.178. The molecule has 0 spiro atoms. The summed E-state index contributed by atoms with van der Waals surface area (Å²) in [6.07, 6.45) is 6.51. The topological polar surface area (TPSA) is 58.5 Å². The van der Waals surface area contributed by atoms with Crippen LogP contribution in [0.15, 0.2) is 152 Å². The van der Waals surface area contributed by atoms with E-state index in [0.717, 1.165) is 57.7 Å². The lowest BCUT2D eigenvalue weighted by molar-refractivity contribution is 0.459. The van der Waals surface area contributed by atoms with Crippen LogP contribution in [0.5, 0.6) is 17.4 Å². The van der Waals surface area contributed by atoms with Crippen LogP contribution < -0.4 is 9.64 Å². The third-order valence-electron chi connectivity index (χ3n) is 9.24. The van der Waals surface area contributed by atoms with Crippen molar-refractivity contribution in [2.45, 2.75) is 31.6 Å². The van der Waals surface area contributed by atoms with E-state index in [0.29, 0.717) is 23.1 Å². The van der Waals surface area contributed by atoms with Crippen LogP contribution in [-0.4, -0.2) is 15.1 Å². The van der Waals surface area contributed by atoms with E-state index >= 15 is 0 Å². The summed E-state index contributed by atoms with van der Waals surface area (Å²) < 4.78 is 6.57. The van der Waals surface area contributed by atoms with Gasteiger partial charge in [-0.15, -0.1) is 0 Å². The van der Waals surface area contributed by atoms with Crippen molar-refractivity contribution in [3.63, 3.8) is 0 Å². The Balaban J connectivity index is 1.20. The summed E-state index contributed by atoms with van der Waals surface area (Å²) in [5.74, 6) is 2.50. The molecule has 0 aliphatic heterocycles. The second-order valence-electron chi connectivity index (χ2n) is 12.3. The van der Waals surface area contributed by atoms with Gasteiger partial charge in [0.1, 0.15) is 22.8 Å². The third-order valence-corrected chi connectivity index (χ3v) is 9.24. The molecule has 1 aliphatic rings. The molecule has 1 aliphatic carbocycles. The van der Waals surface area contributed by atoms with Crippen LogP contribution in [0, 0.1) is 0 Å². The lowest BCUT2D eigenvalue weighted by Crippen LogP contribution is -2.11. The summed E-state index contributed by atoms with van der Waals surface area (Å²) in [6.45, 7) is 0. The summed E-state index contributed by atoms with van der Waals surface area (Å²) in [4.78, 5) is 11.9. The molecule has 1 saturated carbocycles. The maximum absolute atomic E-state index is 11.6. The van der Waals surface area contributed by atoms with E-state index in [4.69, 9.17) is 14.7 Å². The molecule has 0 amide bonds. The molecule has 5 aromatic carbocycles. The first kappa shape index (κ1) is 29.5. The molecular weight excluding hydrogens is 590 g/mol. The molecule has 2 heterocycles. The number of hydrogen-bond acceptors (Lipinski definition) is 5. The number of phenolic OH excluding ortho intramolecular Hbond substituents is 1. The number of aromatic nitrogens is 2. The zero-order chi connectivity index (χ0) is 32.3. The van der Waals surface area contributed by atoms with Gasteiger partial charge in [-0.05, 0) is 83.5 Å². The fourth-order valence-corrected chi connectivity index (χ4v) is 6.90. The van der Waals surface area contributed by atoms with Crippen molar-refractivity contribution in [2.75, 3.05) is 4.90 Å². The van der Waals surface area contributed by atoms with Crippen LogP contribution in [0.25, 0.3) is 33.2 Å². The van der Waals surface area contributed by atoms with Crippen LogP contribution in [-0.2, 0) is 0 Å². The van der Waals surface area contributed by atoms with Crippen molar-refractivity contribution >= 4 is 28.1 Å². The average molecular weight is 626 g/mol. The van der Waals surface area contributed by atoms with E-state index in [-0.39, 0.29) is 5.75 Å². The molecule has 8 rings (SSSR count). The summed E-state index contributed by atoms with van der Waals surface area (Å²) in [7, 11) is 0. The number of fused-ring (bicyclic) bond motifs is 1. The molecule has 0 bridgehead atoms. The van der Waals surface area contributed by atoms with E-state index in [1.165, 1.54) is 18.4 Å². The summed E-state index contributed by atoms with van der Waals surface area (Å²) in [5.41, 5.74) is 7.57. The third kappa shape index (κ3) is 5.87. The minimum atomic E-state index is 0.178. The lowest BCUT2D eigenvalue weighted by atomic mass is 9.92. The van der Waals surface area contributed by atoms with Crippen LogP contribution in [0.2, 0.25) is 0 Å². The molecule has 1 fully saturated rings. The average Bonchev–Trinajstić information content (AvgIpc) is 3.69. The Morgan fingerprint density at radius 3 is 2.06 bits per heavy atom. The van der Waals surface area contributed by atoms with Gasteiger partial charge in [0.25, 0.3) is 0 Å². The Hall–Kier alpha value is -5.94. The summed E-state index contributed by atoms with van der Waals surface area (Å²) in [6, 6.07) is 48.9. The molecular formula is C43H35N3O2. The molecule has 48 heavy (non-hydrogen) atoms. The second kappa shape index (κ2) is 13.0. The van der Waals surface area contributed by atoms with Gasteiger partial charge < -0.3 is 9.84 Å². The Labute approximate surface area is 280 Å². The SMILES string of the molecule is Oc1c(-c2ccccc2)ccc2c(C3CCCC3)cc(Oc3cccc(N(c4ccccc4)c4cc(-c5ccccc5)ccn4)c3)nc12. The molecule has 5 heteroatoms. The zero-order valence-corrected chi connectivity index (χ0v) is 26.5. The number of phenols is 1. The van der Waals surface area contributed by atoms with Gasteiger partial charge in [0, 0.05) is 35.0 Å². The van der Waals surface area contributed by atoms with Crippen molar-refractivity contribution in [3.05, 3.63) is 157 Å². The fraction of sp³-hybridized carbons (Fsp3) is 0.116. The van der Waals surface area contributed by atoms with Crippen molar-refractivity contribution in [1.29, 1.82) is 0 Å². The summed E-state index contributed by atoms with van der Waals surface area (Å²) >= 11 is 0. The number of ether oxygens (including phenoxy) is 1. The van der Waals surface area contributed by atoms with Gasteiger partial charge >= 0.3 is 0 Å². The summed E-state index contributed by atoms with van der Waals surface area (Å²) in [5, 5.41) is 12.6. The molecule has 0 atom stereocenters. The largest absolute Gasteiger partial charge is 0.505 e. The smallest absolute Gasteiger partial charge is 0.220 e. The lowest BCUT2D eigenvalue weighted by Gasteiger charge is -2.25. The Morgan fingerprint density at radius 2 is 1.31 bits per heavy atom. The van der Waals surface area contributed by atoms with E-state index < -0.39 is 0 Å². The van der Waals surface area contributed by atoms with Crippen molar-refractivity contribution in [2.24, 2.45) is 0 Å². The molecule has 7 aromatic rings. The molecule has 5 nitrogen and oxygen atoms in total. The first-order valence-corrected chi connectivity index (χ1v) is 16.6. The number of anilines is 3. The van der Waals surface area contributed by atoms with Gasteiger partial charge in [-0.1, -0.05) is 104 Å².